The van der Waals surface area contributed by atoms with Gasteiger partial charge in [-0.15, -0.1) is 0 Å². The molecular weight excluding hydrogens is 458 g/mol. The van der Waals surface area contributed by atoms with Gasteiger partial charge >= 0.3 is 0 Å². The first-order chi connectivity index (χ1) is 17.3. The van der Waals surface area contributed by atoms with Crippen LogP contribution < -0.4 is 10.0 Å². The van der Waals surface area contributed by atoms with E-state index in [0.29, 0.717) is 37.6 Å². The van der Waals surface area contributed by atoms with Gasteiger partial charge in [-0.1, -0.05) is 12.1 Å². The molecular formula is C27H33N5O4. The van der Waals surface area contributed by atoms with Gasteiger partial charge in [-0.25, -0.2) is 25.0 Å². The van der Waals surface area contributed by atoms with E-state index in [1.807, 2.05) is 46.4 Å². The number of fused-ring (bicyclic) bond motifs is 2. The summed E-state index contributed by atoms with van der Waals surface area (Å²) < 4.78 is 0. The Kier molecular flexibility index (Phi) is 6.90. The van der Waals surface area contributed by atoms with Crippen LogP contribution in [0.25, 0.3) is 21.8 Å². The lowest BCUT2D eigenvalue weighted by Crippen LogP contribution is -2.51. The molecule has 2 amide bonds. The Labute approximate surface area is 210 Å². The lowest BCUT2D eigenvalue weighted by Gasteiger charge is -2.38. The van der Waals surface area contributed by atoms with E-state index in [4.69, 9.17) is 4.98 Å². The fourth-order valence-corrected chi connectivity index (χ4v) is 5.39. The molecule has 0 saturated carbocycles. The summed E-state index contributed by atoms with van der Waals surface area (Å²) >= 11 is 0. The van der Waals surface area contributed by atoms with Crippen LogP contribution in [0, 0.1) is 0 Å². The summed E-state index contributed by atoms with van der Waals surface area (Å²) in [7, 11) is 0. The van der Waals surface area contributed by atoms with Crippen molar-refractivity contribution in [1.29, 1.82) is 0 Å². The highest BCUT2D eigenvalue weighted by Crippen LogP contribution is 2.30. The van der Waals surface area contributed by atoms with Gasteiger partial charge in [-0.05, 0) is 56.0 Å². The highest BCUT2D eigenvalue weighted by Gasteiger charge is 2.28. The van der Waals surface area contributed by atoms with Crippen LogP contribution in [0.5, 0.6) is 0 Å². The van der Waals surface area contributed by atoms with Crippen molar-refractivity contribution in [2.24, 2.45) is 0 Å². The van der Waals surface area contributed by atoms with Gasteiger partial charge in [0.15, 0.2) is 0 Å². The van der Waals surface area contributed by atoms with E-state index in [-0.39, 0.29) is 11.8 Å². The highest BCUT2D eigenvalue weighted by atomic mass is 16.3. The third-order valence-corrected chi connectivity index (χ3v) is 6.98. The molecule has 9 nitrogen and oxygen atoms in total. The Bertz CT molecular complexity index is 1200. The minimum absolute atomic E-state index is 0.118. The number of nitrogens with zero attached hydrogens (tertiary/aromatic N) is 5. The number of aliphatic hydroxyl groups excluding tert-OH is 2. The number of β-amino-alcohol motifs (C(OH)–C–C–N with tert-alkyl or cyclic N) is 2. The molecule has 9 heteroatoms. The Hall–Kier alpha value is -3.11. The second-order valence-electron chi connectivity index (χ2n) is 9.82. The van der Waals surface area contributed by atoms with Crippen LogP contribution in [0.2, 0.25) is 0 Å². The predicted octanol–water partition coefficient (Wildman–Crippen LogP) is 2.84. The number of aliphatic hydroxyl groups is 2. The fourth-order valence-electron chi connectivity index (χ4n) is 5.39. The van der Waals surface area contributed by atoms with Crippen molar-refractivity contribution in [3.05, 3.63) is 42.5 Å². The van der Waals surface area contributed by atoms with Crippen molar-refractivity contribution in [2.75, 3.05) is 36.2 Å². The first-order valence-electron chi connectivity index (χ1n) is 12.6. The van der Waals surface area contributed by atoms with E-state index in [0.717, 1.165) is 47.5 Å². The van der Waals surface area contributed by atoms with Crippen molar-refractivity contribution >= 4 is 45.0 Å². The van der Waals surface area contributed by atoms with Gasteiger partial charge in [0.25, 0.3) is 0 Å². The molecule has 2 aliphatic rings. The van der Waals surface area contributed by atoms with Crippen LogP contribution in [-0.2, 0) is 9.59 Å². The van der Waals surface area contributed by atoms with E-state index < -0.39 is 12.2 Å². The molecule has 3 heterocycles. The average molecular weight is 492 g/mol. The van der Waals surface area contributed by atoms with E-state index >= 15 is 0 Å². The summed E-state index contributed by atoms with van der Waals surface area (Å²) in [5.74, 6) is -0.236. The molecule has 2 fully saturated rings. The predicted molar refractivity (Wildman–Crippen MR) is 139 cm³/mol. The van der Waals surface area contributed by atoms with Crippen molar-refractivity contribution < 1.29 is 19.8 Å². The van der Waals surface area contributed by atoms with Gasteiger partial charge in [0.05, 0.1) is 34.6 Å². The average Bonchev–Trinajstić information content (AvgIpc) is 2.82. The summed E-state index contributed by atoms with van der Waals surface area (Å²) in [5, 5.41) is 29.2. The van der Waals surface area contributed by atoms with Crippen LogP contribution >= 0.6 is 0 Å². The maximum atomic E-state index is 12.6. The zero-order valence-corrected chi connectivity index (χ0v) is 20.8. The third kappa shape index (κ3) is 4.92. The number of pyridine rings is 1. The molecule has 2 N–H and O–H groups in total. The zero-order valence-electron chi connectivity index (χ0n) is 20.8. The number of carbonyl (C=O) groups is 2. The molecule has 2 aromatic carbocycles. The zero-order chi connectivity index (χ0) is 25.4. The summed E-state index contributed by atoms with van der Waals surface area (Å²) in [6.07, 6.45) is 2.22. The number of hydrazine groups is 2. The number of amides is 2. The second kappa shape index (κ2) is 10.1. The van der Waals surface area contributed by atoms with Crippen molar-refractivity contribution in [2.45, 2.75) is 51.7 Å². The van der Waals surface area contributed by atoms with E-state index in [2.05, 4.69) is 6.07 Å². The molecule has 2 unspecified atom stereocenters. The van der Waals surface area contributed by atoms with E-state index in [1.54, 1.807) is 10.0 Å². The lowest BCUT2D eigenvalue weighted by molar-refractivity contribution is -0.121. The van der Waals surface area contributed by atoms with E-state index in [9.17, 15) is 19.8 Å². The normalized spacial score (nSPS) is 21.6. The molecule has 1 aromatic heterocycles. The lowest BCUT2D eigenvalue weighted by atomic mass is 10.1. The molecule has 2 saturated heterocycles. The van der Waals surface area contributed by atoms with Gasteiger partial charge in [0.2, 0.25) is 11.8 Å². The number of carbonyl (C=O) groups excluding carboxylic acids is 2. The summed E-state index contributed by atoms with van der Waals surface area (Å²) in [6.45, 7) is 5.29. The smallest absolute Gasteiger partial charge is 0.238 e. The number of aromatic nitrogens is 1. The molecule has 5 rings (SSSR count). The van der Waals surface area contributed by atoms with Crippen LogP contribution in [-0.4, -0.2) is 75.4 Å². The number of hydrogen-bond donors (Lipinski definition) is 2. The molecule has 0 bridgehead atoms. The summed E-state index contributed by atoms with van der Waals surface area (Å²) in [6, 6.07) is 13.6. The van der Waals surface area contributed by atoms with Gasteiger partial charge < -0.3 is 10.2 Å². The third-order valence-electron chi connectivity index (χ3n) is 6.98. The van der Waals surface area contributed by atoms with Gasteiger partial charge in [-0.2, -0.15) is 0 Å². The Balaban J connectivity index is 1.52. The Morgan fingerprint density at radius 1 is 0.778 bits per heavy atom. The van der Waals surface area contributed by atoms with Crippen molar-refractivity contribution in [1.82, 2.24) is 15.0 Å². The molecule has 0 radical (unpaired) electrons. The van der Waals surface area contributed by atoms with Crippen LogP contribution in [0.15, 0.2) is 42.5 Å². The number of rotatable bonds is 4. The first kappa shape index (κ1) is 24.6. The Morgan fingerprint density at radius 2 is 1.22 bits per heavy atom. The molecule has 3 aromatic rings. The first-order valence-corrected chi connectivity index (χ1v) is 12.6. The molecule has 36 heavy (non-hydrogen) atoms. The maximum Gasteiger partial charge on any atom is 0.238 e. The standard InChI is InChI=1S/C27H33N5O4/c1-18(33)31(29-11-3-5-24(35)16-29)22-9-7-20-13-21-8-10-23(15-27(21)28-26(20)14-22)32(19(2)34)30-12-4-6-25(36)17-30/h7-10,13-15,24-25,35-36H,3-6,11-12,16-17H2,1-2H3. The van der Waals surface area contributed by atoms with Crippen LogP contribution in [0.1, 0.15) is 39.5 Å². The van der Waals surface area contributed by atoms with Gasteiger partial charge in [0, 0.05) is 50.8 Å². The van der Waals surface area contributed by atoms with E-state index in [1.165, 1.54) is 13.8 Å². The fraction of sp³-hybridized carbons (Fsp3) is 0.444. The van der Waals surface area contributed by atoms with Crippen molar-refractivity contribution in [3.63, 3.8) is 0 Å². The molecule has 0 spiro atoms. The monoisotopic (exact) mass is 491 g/mol. The highest BCUT2D eigenvalue weighted by molar-refractivity contribution is 5.99. The topological polar surface area (TPSA) is 100 Å². The SMILES string of the molecule is CC(=O)N(c1ccc2cc3ccc(N(C(C)=O)N4CCCC(O)C4)cc3nc2c1)N1CCCC(O)C1. The second-order valence-corrected chi connectivity index (χ2v) is 9.82. The summed E-state index contributed by atoms with van der Waals surface area (Å²) in [5.41, 5.74) is 2.90. The number of hydrogen-bond acceptors (Lipinski definition) is 7. The Morgan fingerprint density at radius 3 is 1.61 bits per heavy atom. The van der Waals surface area contributed by atoms with Gasteiger partial charge in [-0.3, -0.25) is 9.59 Å². The number of piperidine rings is 2. The number of benzene rings is 2. The van der Waals surface area contributed by atoms with Crippen molar-refractivity contribution in [3.8, 4) is 0 Å². The van der Waals surface area contributed by atoms with Gasteiger partial charge in [0.1, 0.15) is 0 Å². The largest absolute Gasteiger partial charge is 0.392 e. The minimum Gasteiger partial charge on any atom is -0.392 e. The van der Waals surface area contributed by atoms with Crippen LogP contribution in [0.4, 0.5) is 11.4 Å². The number of anilines is 2. The molecule has 2 aliphatic heterocycles. The van der Waals surface area contributed by atoms with Crippen LogP contribution in [0.3, 0.4) is 0 Å². The molecule has 190 valence electrons. The maximum absolute atomic E-state index is 12.6. The molecule has 0 aliphatic carbocycles. The minimum atomic E-state index is -0.452. The quantitative estimate of drug-likeness (QED) is 0.542. The summed E-state index contributed by atoms with van der Waals surface area (Å²) in [4.78, 5) is 30.0. The molecule has 2 atom stereocenters.